The van der Waals surface area contributed by atoms with E-state index in [1.165, 1.54) is 18.1 Å². The molecular weight excluding hydrogens is 326 g/mol. The third-order valence-corrected chi connectivity index (χ3v) is 7.65. The summed E-state index contributed by atoms with van der Waals surface area (Å²) in [5.74, 6) is 1.91. The molecule has 2 aromatic rings. The zero-order valence-corrected chi connectivity index (χ0v) is 13.9. The standard InChI is InChI=1S/C14H15NO3S3/c1-2-11-12(20-4-3-19-11)13-15-9(7-21-13)10-5-8(6-18-10)14(16)17/h5-7,11-12H,2-4H2,1H3,(H,16,17). The molecule has 0 aromatic carbocycles. The highest BCUT2D eigenvalue weighted by atomic mass is 32.2. The van der Waals surface area contributed by atoms with Crippen LogP contribution < -0.4 is 0 Å². The molecular formula is C14H15NO3S3. The third-order valence-electron chi connectivity index (χ3n) is 3.32. The van der Waals surface area contributed by atoms with Gasteiger partial charge in [-0.3, -0.25) is 0 Å². The number of thiazole rings is 1. The Morgan fingerprint density at radius 1 is 1.48 bits per heavy atom. The number of rotatable bonds is 4. The monoisotopic (exact) mass is 341 g/mol. The van der Waals surface area contributed by atoms with Crippen LogP contribution in [-0.2, 0) is 0 Å². The minimum Gasteiger partial charge on any atom is -0.478 e. The molecule has 1 aliphatic rings. The van der Waals surface area contributed by atoms with Gasteiger partial charge in [-0.25, -0.2) is 9.78 Å². The van der Waals surface area contributed by atoms with Gasteiger partial charge in [0.05, 0.1) is 10.8 Å². The topological polar surface area (TPSA) is 63.3 Å². The predicted octanol–water partition coefficient (Wildman–Crippen LogP) is 4.40. The van der Waals surface area contributed by atoms with E-state index in [0.717, 1.165) is 22.9 Å². The summed E-state index contributed by atoms with van der Waals surface area (Å²) in [6.07, 6.45) is 2.40. The van der Waals surface area contributed by atoms with Gasteiger partial charge in [0, 0.05) is 28.2 Å². The molecule has 2 atom stereocenters. The van der Waals surface area contributed by atoms with E-state index in [1.807, 2.05) is 28.9 Å². The Morgan fingerprint density at radius 2 is 2.29 bits per heavy atom. The maximum absolute atomic E-state index is 10.9. The van der Waals surface area contributed by atoms with E-state index in [4.69, 9.17) is 9.52 Å². The molecule has 7 heteroatoms. The number of aromatic carboxylic acids is 1. The van der Waals surface area contributed by atoms with E-state index in [1.54, 1.807) is 11.3 Å². The van der Waals surface area contributed by atoms with E-state index in [2.05, 4.69) is 11.9 Å². The van der Waals surface area contributed by atoms with Gasteiger partial charge in [-0.2, -0.15) is 11.8 Å². The van der Waals surface area contributed by atoms with E-state index in [-0.39, 0.29) is 5.56 Å². The highest BCUT2D eigenvalue weighted by Gasteiger charge is 2.29. The predicted molar refractivity (Wildman–Crippen MR) is 88.5 cm³/mol. The summed E-state index contributed by atoms with van der Waals surface area (Å²) in [5.41, 5.74) is 0.891. The van der Waals surface area contributed by atoms with Crippen LogP contribution in [0.3, 0.4) is 0 Å². The Balaban J connectivity index is 1.83. The van der Waals surface area contributed by atoms with Crippen LogP contribution in [0.5, 0.6) is 0 Å². The maximum atomic E-state index is 10.9. The summed E-state index contributed by atoms with van der Waals surface area (Å²) in [7, 11) is 0. The van der Waals surface area contributed by atoms with Crippen molar-refractivity contribution in [2.24, 2.45) is 0 Å². The number of thioether (sulfide) groups is 2. The van der Waals surface area contributed by atoms with Crippen LogP contribution in [0.1, 0.15) is 34.0 Å². The molecule has 2 unspecified atom stereocenters. The van der Waals surface area contributed by atoms with Crippen LogP contribution in [0, 0.1) is 0 Å². The number of nitrogens with zero attached hydrogens (tertiary/aromatic N) is 1. The lowest BCUT2D eigenvalue weighted by Crippen LogP contribution is -2.18. The Labute approximate surface area is 135 Å². The van der Waals surface area contributed by atoms with Gasteiger partial charge in [-0.1, -0.05) is 6.92 Å². The molecule has 0 bridgehead atoms. The zero-order chi connectivity index (χ0) is 14.8. The van der Waals surface area contributed by atoms with Crippen LogP contribution in [0.2, 0.25) is 0 Å². The smallest absolute Gasteiger partial charge is 0.338 e. The number of hydrogen-bond acceptors (Lipinski definition) is 6. The van der Waals surface area contributed by atoms with Gasteiger partial charge in [0.1, 0.15) is 17.0 Å². The summed E-state index contributed by atoms with van der Waals surface area (Å²) in [4.78, 5) is 15.6. The van der Waals surface area contributed by atoms with Crippen LogP contribution in [0.15, 0.2) is 22.1 Å². The molecule has 1 aliphatic heterocycles. The average Bonchev–Trinajstić information content (AvgIpc) is 3.16. The molecule has 0 radical (unpaired) electrons. The highest BCUT2D eigenvalue weighted by Crippen LogP contribution is 2.45. The fourth-order valence-corrected chi connectivity index (χ4v) is 6.49. The van der Waals surface area contributed by atoms with Crippen molar-refractivity contribution in [1.29, 1.82) is 0 Å². The third kappa shape index (κ3) is 3.14. The van der Waals surface area contributed by atoms with Crippen LogP contribution in [0.4, 0.5) is 0 Å². The van der Waals surface area contributed by atoms with Gasteiger partial charge in [-0.15, -0.1) is 23.1 Å². The summed E-state index contributed by atoms with van der Waals surface area (Å²) < 4.78 is 5.32. The van der Waals surface area contributed by atoms with Crippen molar-refractivity contribution >= 4 is 40.8 Å². The number of carboxylic acids is 1. The van der Waals surface area contributed by atoms with E-state index < -0.39 is 5.97 Å². The maximum Gasteiger partial charge on any atom is 0.338 e. The van der Waals surface area contributed by atoms with Crippen molar-refractivity contribution in [3.05, 3.63) is 28.3 Å². The van der Waals surface area contributed by atoms with Gasteiger partial charge in [0.2, 0.25) is 0 Å². The molecule has 4 nitrogen and oxygen atoms in total. The van der Waals surface area contributed by atoms with Gasteiger partial charge in [-0.05, 0) is 6.42 Å². The Bertz CT molecular complexity index is 637. The molecule has 1 N–H and O–H groups in total. The largest absolute Gasteiger partial charge is 0.478 e. The number of carboxylic acid groups (broad SMARTS) is 1. The Morgan fingerprint density at radius 3 is 3.00 bits per heavy atom. The van der Waals surface area contributed by atoms with Crippen LogP contribution >= 0.6 is 34.9 Å². The van der Waals surface area contributed by atoms with Crippen molar-refractivity contribution in [2.75, 3.05) is 11.5 Å². The Kier molecular flexibility index (Phi) is 4.61. The number of carbonyl (C=O) groups is 1. The van der Waals surface area contributed by atoms with Crippen molar-refractivity contribution in [3.63, 3.8) is 0 Å². The fraction of sp³-hybridized carbons (Fsp3) is 0.429. The molecule has 1 saturated heterocycles. The molecule has 3 rings (SSSR count). The first kappa shape index (κ1) is 15.0. The minimum atomic E-state index is -0.981. The summed E-state index contributed by atoms with van der Waals surface area (Å²) >= 11 is 5.63. The van der Waals surface area contributed by atoms with Crippen molar-refractivity contribution in [2.45, 2.75) is 23.8 Å². The quantitative estimate of drug-likeness (QED) is 0.889. The van der Waals surface area contributed by atoms with Crippen LogP contribution in [-0.4, -0.2) is 32.8 Å². The van der Waals surface area contributed by atoms with E-state index in [0.29, 0.717) is 16.3 Å². The lowest BCUT2D eigenvalue weighted by Gasteiger charge is -2.28. The molecule has 3 heterocycles. The molecule has 2 aromatic heterocycles. The number of aromatic nitrogens is 1. The van der Waals surface area contributed by atoms with Crippen LogP contribution in [0.25, 0.3) is 11.5 Å². The van der Waals surface area contributed by atoms with Gasteiger partial charge < -0.3 is 9.52 Å². The SMILES string of the molecule is CCC1SCCSC1c1nc(-c2cc(C(=O)O)co2)cs1. The molecule has 0 aliphatic carbocycles. The van der Waals surface area contributed by atoms with E-state index >= 15 is 0 Å². The van der Waals surface area contributed by atoms with E-state index in [9.17, 15) is 4.79 Å². The summed E-state index contributed by atoms with van der Waals surface area (Å²) in [5, 5.41) is 13.0. The molecule has 21 heavy (non-hydrogen) atoms. The zero-order valence-electron chi connectivity index (χ0n) is 11.4. The second kappa shape index (κ2) is 6.46. The van der Waals surface area contributed by atoms with Crippen molar-refractivity contribution < 1.29 is 14.3 Å². The van der Waals surface area contributed by atoms with Crippen molar-refractivity contribution in [1.82, 2.24) is 4.98 Å². The van der Waals surface area contributed by atoms with Gasteiger partial charge in [0.25, 0.3) is 0 Å². The fourth-order valence-electron chi connectivity index (χ4n) is 2.25. The summed E-state index contributed by atoms with van der Waals surface area (Å²) in [6.45, 7) is 2.22. The second-order valence-corrected chi connectivity index (χ2v) is 8.17. The van der Waals surface area contributed by atoms with Crippen molar-refractivity contribution in [3.8, 4) is 11.5 Å². The molecule has 0 spiro atoms. The summed E-state index contributed by atoms with van der Waals surface area (Å²) in [6, 6.07) is 1.53. The highest BCUT2D eigenvalue weighted by molar-refractivity contribution is 8.06. The minimum absolute atomic E-state index is 0.161. The first-order valence-corrected chi connectivity index (χ1v) is 9.67. The van der Waals surface area contributed by atoms with Gasteiger partial charge in [0.15, 0.2) is 5.76 Å². The lowest BCUT2D eigenvalue weighted by molar-refractivity contribution is 0.0696. The average molecular weight is 341 g/mol. The lowest BCUT2D eigenvalue weighted by atomic mass is 10.2. The first-order valence-electron chi connectivity index (χ1n) is 6.70. The molecule has 0 amide bonds. The molecule has 1 fully saturated rings. The second-order valence-electron chi connectivity index (χ2n) is 4.68. The normalized spacial score (nSPS) is 22.3. The molecule has 112 valence electrons. The Hall–Kier alpha value is -0.920. The number of hydrogen-bond donors (Lipinski definition) is 1. The first-order chi connectivity index (χ1) is 10.2. The van der Waals surface area contributed by atoms with Gasteiger partial charge >= 0.3 is 5.97 Å². The molecule has 0 saturated carbocycles. The number of furan rings is 1.